The summed E-state index contributed by atoms with van der Waals surface area (Å²) in [7, 11) is 1.53. The summed E-state index contributed by atoms with van der Waals surface area (Å²) < 4.78 is 50.6. The van der Waals surface area contributed by atoms with E-state index >= 15 is 0 Å². The summed E-state index contributed by atoms with van der Waals surface area (Å²) in [5.41, 5.74) is -0.820. The maximum Gasteiger partial charge on any atom is 0.306 e. The topological polar surface area (TPSA) is 116 Å². The van der Waals surface area contributed by atoms with E-state index in [0.29, 0.717) is 41.2 Å². The number of nitrogens with one attached hydrogen (secondary N) is 1. The van der Waals surface area contributed by atoms with Gasteiger partial charge in [-0.3, -0.25) is 9.59 Å². The molecule has 3 aromatic rings. The summed E-state index contributed by atoms with van der Waals surface area (Å²) in [6.07, 6.45) is -0.522. The third-order valence-electron chi connectivity index (χ3n) is 7.18. The second-order valence-electron chi connectivity index (χ2n) is 11.9. The number of methoxy groups -OCH3 is 1. The fourth-order valence-electron chi connectivity index (χ4n) is 5.09. The van der Waals surface area contributed by atoms with Crippen LogP contribution in [-0.2, 0) is 25.5 Å². The predicted molar refractivity (Wildman–Crippen MR) is 168 cm³/mol. The summed E-state index contributed by atoms with van der Waals surface area (Å²) >= 11 is 0. The molecule has 2 N–H and O–H groups in total. The molecule has 246 valence electrons. The van der Waals surface area contributed by atoms with Crippen LogP contribution in [-0.4, -0.2) is 60.9 Å². The van der Waals surface area contributed by atoms with Crippen LogP contribution in [0.1, 0.15) is 62.8 Å². The number of carbonyl (C=O) groups is 2. The van der Waals surface area contributed by atoms with E-state index in [1.807, 2.05) is 0 Å². The van der Waals surface area contributed by atoms with Gasteiger partial charge in [-0.15, -0.1) is 0 Å². The number of nitrogens with zero attached hydrogens (tertiary/aromatic N) is 1. The van der Waals surface area contributed by atoms with Gasteiger partial charge in [-0.1, -0.05) is 12.1 Å². The van der Waals surface area contributed by atoms with Crippen LogP contribution in [0.15, 0.2) is 71.7 Å². The van der Waals surface area contributed by atoms with Crippen molar-refractivity contribution in [1.29, 1.82) is 0 Å². The highest BCUT2D eigenvalue weighted by atomic mass is 19.1. The average Bonchev–Trinajstić information content (AvgIpc) is 3.40. The van der Waals surface area contributed by atoms with Crippen molar-refractivity contribution in [3.8, 4) is 11.5 Å². The summed E-state index contributed by atoms with van der Waals surface area (Å²) in [6, 6.07) is 17.2. The Morgan fingerprint density at radius 1 is 1.02 bits per heavy atom. The molecule has 1 amide bonds. The molecule has 0 saturated heterocycles. The zero-order valence-electron chi connectivity index (χ0n) is 26.5. The van der Waals surface area contributed by atoms with Gasteiger partial charge in [-0.05, 0) is 93.3 Å². The number of aliphatic hydroxyl groups is 1. The van der Waals surface area contributed by atoms with E-state index in [-0.39, 0.29) is 38.3 Å². The van der Waals surface area contributed by atoms with Gasteiger partial charge in [0.25, 0.3) is 5.91 Å². The molecule has 0 fully saturated rings. The number of esters is 1. The smallest absolute Gasteiger partial charge is 0.306 e. The predicted octanol–water partition coefficient (Wildman–Crippen LogP) is 5.47. The fraction of sp³-hybridized carbons (Fsp3) is 0.400. The van der Waals surface area contributed by atoms with E-state index in [2.05, 4.69) is 5.32 Å². The number of rotatable bonds is 14. The summed E-state index contributed by atoms with van der Waals surface area (Å²) in [4.78, 5) is 32.0. The van der Waals surface area contributed by atoms with E-state index < -0.39 is 40.8 Å². The minimum atomic E-state index is -1.62. The molecule has 0 radical (unpaired) electrons. The van der Waals surface area contributed by atoms with Crippen molar-refractivity contribution in [3.63, 3.8) is 0 Å². The maximum absolute atomic E-state index is 14.2. The molecular formula is C35H40F2N2O7. The first-order chi connectivity index (χ1) is 21.9. The first-order valence-corrected chi connectivity index (χ1v) is 15.1. The Balaban J connectivity index is 1.70. The third-order valence-corrected chi connectivity index (χ3v) is 7.18. The molecule has 0 saturated carbocycles. The molecule has 1 heterocycles. The fourth-order valence-corrected chi connectivity index (χ4v) is 5.09. The Morgan fingerprint density at radius 2 is 1.74 bits per heavy atom. The molecule has 9 nitrogen and oxygen atoms in total. The van der Waals surface area contributed by atoms with Crippen LogP contribution in [0.2, 0.25) is 0 Å². The summed E-state index contributed by atoms with van der Waals surface area (Å²) in [5.74, 6) is -1.15. The van der Waals surface area contributed by atoms with Crippen molar-refractivity contribution in [1.82, 2.24) is 5.32 Å². The zero-order valence-corrected chi connectivity index (χ0v) is 26.5. The lowest BCUT2D eigenvalue weighted by atomic mass is 9.83. The molecule has 0 bridgehead atoms. The largest absolute Gasteiger partial charge is 0.497 e. The third kappa shape index (κ3) is 9.03. The minimum absolute atomic E-state index is 0.0148. The van der Waals surface area contributed by atoms with E-state index in [1.54, 1.807) is 69.3 Å². The highest BCUT2D eigenvalue weighted by Crippen LogP contribution is 2.44. The van der Waals surface area contributed by atoms with Gasteiger partial charge in [0.2, 0.25) is 5.90 Å². The second-order valence-corrected chi connectivity index (χ2v) is 11.9. The van der Waals surface area contributed by atoms with Gasteiger partial charge in [0, 0.05) is 37.6 Å². The highest BCUT2D eigenvalue weighted by molar-refractivity contribution is 6.01. The summed E-state index contributed by atoms with van der Waals surface area (Å²) in [5, 5.41) is 11.9. The molecule has 1 aliphatic heterocycles. The first kappa shape index (κ1) is 34.4. The molecule has 0 aromatic heterocycles. The van der Waals surface area contributed by atoms with Gasteiger partial charge in [0.05, 0.1) is 13.7 Å². The lowest BCUT2D eigenvalue weighted by Crippen LogP contribution is -2.49. The SMILES string of the molecule is COc1cccc([C@H]2OC(c3ccc(OCCCO)cc3)=N[C@@]2(CCC(=O)OC(C)(C)C)C(=O)NCCc2cc(F)cc(F)c2)c1. The van der Waals surface area contributed by atoms with Crippen molar-refractivity contribution < 1.29 is 42.4 Å². The number of halogens is 2. The molecule has 2 atom stereocenters. The van der Waals surface area contributed by atoms with Crippen LogP contribution in [0.5, 0.6) is 11.5 Å². The number of aliphatic hydroxyl groups excluding tert-OH is 1. The second kappa shape index (κ2) is 15.2. The molecule has 1 aliphatic rings. The van der Waals surface area contributed by atoms with Gasteiger partial charge in [-0.25, -0.2) is 13.8 Å². The first-order valence-electron chi connectivity index (χ1n) is 15.1. The molecule has 0 aliphatic carbocycles. The molecule has 11 heteroatoms. The Kier molecular flexibility index (Phi) is 11.3. The van der Waals surface area contributed by atoms with Crippen molar-refractivity contribution >= 4 is 17.8 Å². The Morgan fingerprint density at radius 3 is 2.39 bits per heavy atom. The van der Waals surface area contributed by atoms with Crippen molar-refractivity contribution in [2.75, 3.05) is 26.9 Å². The van der Waals surface area contributed by atoms with Crippen molar-refractivity contribution in [3.05, 3.63) is 95.1 Å². The monoisotopic (exact) mass is 638 g/mol. The van der Waals surface area contributed by atoms with Crippen LogP contribution in [0, 0.1) is 11.6 Å². The van der Waals surface area contributed by atoms with Gasteiger partial charge >= 0.3 is 5.97 Å². The number of amides is 1. The maximum atomic E-state index is 14.2. The van der Waals surface area contributed by atoms with E-state index in [1.165, 1.54) is 19.2 Å². The standard InChI is InChI=1S/C35H40F2N2O7/c1-34(2,3)46-30(41)13-15-35(33(42)38-16-14-23-19-26(36)22-27(37)20-23)31(25-7-5-8-29(21-25)43-4)45-32(39-35)24-9-11-28(12-10-24)44-18-6-17-40/h5,7-12,19-22,31,40H,6,13-18H2,1-4H3,(H,38,42)/t31-,35-/m1/s1. The van der Waals surface area contributed by atoms with Crippen LogP contribution in [0.4, 0.5) is 8.78 Å². The van der Waals surface area contributed by atoms with Crippen LogP contribution < -0.4 is 14.8 Å². The lowest BCUT2D eigenvalue weighted by Gasteiger charge is -2.31. The van der Waals surface area contributed by atoms with E-state index in [4.69, 9.17) is 29.0 Å². The van der Waals surface area contributed by atoms with Crippen LogP contribution in [0.25, 0.3) is 0 Å². The number of carbonyl (C=O) groups excluding carboxylic acids is 2. The molecule has 0 unspecified atom stereocenters. The minimum Gasteiger partial charge on any atom is -0.497 e. The van der Waals surface area contributed by atoms with E-state index in [9.17, 15) is 18.4 Å². The number of hydrogen-bond acceptors (Lipinski definition) is 8. The van der Waals surface area contributed by atoms with Gasteiger partial charge in [-0.2, -0.15) is 0 Å². The Hall–Kier alpha value is -4.51. The van der Waals surface area contributed by atoms with Crippen LogP contribution >= 0.6 is 0 Å². The number of hydrogen-bond donors (Lipinski definition) is 2. The molecule has 46 heavy (non-hydrogen) atoms. The number of aliphatic imine (C=N–C) groups is 1. The molecule has 4 rings (SSSR count). The molecule has 3 aromatic carbocycles. The van der Waals surface area contributed by atoms with Crippen LogP contribution in [0.3, 0.4) is 0 Å². The Labute approximate surface area is 267 Å². The number of ether oxygens (including phenoxy) is 4. The van der Waals surface area contributed by atoms with Crippen molar-refractivity contribution in [2.45, 2.75) is 63.7 Å². The average molecular weight is 639 g/mol. The lowest BCUT2D eigenvalue weighted by molar-refractivity contribution is -0.155. The highest BCUT2D eigenvalue weighted by Gasteiger charge is 2.53. The van der Waals surface area contributed by atoms with Gasteiger partial charge < -0.3 is 29.4 Å². The molecular weight excluding hydrogens is 598 g/mol. The summed E-state index contributed by atoms with van der Waals surface area (Å²) in [6.45, 7) is 5.68. The van der Waals surface area contributed by atoms with E-state index in [0.717, 1.165) is 6.07 Å². The van der Waals surface area contributed by atoms with Gasteiger partial charge in [0.15, 0.2) is 11.6 Å². The Bertz CT molecular complexity index is 1520. The quantitative estimate of drug-likeness (QED) is 0.178. The normalized spacial score (nSPS) is 17.5. The zero-order chi connectivity index (χ0) is 33.3. The van der Waals surface area contributed by atoms with Crippen molar-refractivity contribution in [2.24, 2.45) is 4.99 Å². The molecule has 0 spiro atoms. The number of benzene rings is 3. The van der Waals surface area contributed by atoms with Gasteiger partial charge in [0.1, 0.15) is 28.7 Å².